The van der Waals surface area contributed by atoms with Crippen molar-refractivity contribution in [3.8, 4) is 0 Å². The molecule has 0 unspecified atom stereocenters. The Bertz CT molecular complexity index is 373. The lowest BCUT2D eigenvalue weighted by molar-refractivity contribution is 0.102. The van der Waals surface area contributed by atoms with Gasteiger partial charge in [0.25, 0.3) is 0 Å². The van der Waals surface area contributed by atoms with E-state index in [0.717, 1.165) is 48.5 Å². The number of rotatable bonds is 7. The van der Waals surface area contributed by atoms with E-state index in [0.29, 0.717) is 0 Å². The van der Waals surface area contributed by atoms with Crippen molar-refractivity contribution in [3.63, 3.8) is 0 Å². The molecule has 3 nitrogen and oxygen atoms in total. The van der Waals surface area contributed by atoms with Crippen LogP contribution in [0.1, 0.15) is 18.4 Å². The average Bonchev–Trinajstić information content (AvgIpc) is 3.14. The summed E-state index contributed by atoms with van der Waals surface area (Å²) in [5, 5.41) is 0.737. The second-order valence-corrected chi connectivity index (χ2v) is 5.47. The molecule has 1 aromatic carbocycles. The van der Waals surface area contributed by atoms with Crippen LogP contribution in [0.5, 0.6) is 0 Å². The monoisotopic (exact) mass is 268 g/mol. The minimum absolute atomic E-state index is 0.737. The van der Waals surface area contributed by atoms with Crippen LogP contribution in [0.15, 0.2) is 18.2 Å². The molecule has 0 bridgehead atoms. The van der Waals surface area contributed by atoms with Crippen LogP contribution in [0.2, 0.25) is 5.02 Å². The lowest BCUT2D eigenvalue weighted by atomic mass is 10.1. The highest BCUT2D eigenvalue weighted by atomic mass is 35.5. The van der Waals surface area contributed by atoms with E-state index in [4.69, 9.17) is 22.1 Å². The highest BCUT2D eigenvalue weighted by Gasteiger charge is 2.21. The molecule has 1 saturated carbocycles. The smallest absolute Gasteiger partial charge is 0.0593 e. The van der Waals surface area contributed by atoms with Gasteiger partial charge in [-0.3, -0.25) is 4.90 Å². The van der Waals surface area contributed by atoms with Crippen molar-refractivity contribution < 1.29 is 4.74 Å². The fourth-order valence-corrected chi connectivity index (χ4v) is 2.09. The number of likely N-dealkylation sites (N-methyl/N-ethyl adjacent to an activating group) is 1. The Morgan fingerprint density at radius 1 is 1.44 bits per heavy atom. The quantitative estimate of drug-likeness (QED) is 0.610. The number of nitrogens with two attached hydrogens (primary N) is 1. The molecule has 0 amide bonds. The summed E-state index contributed by atoms with van der Waals surface area (Å²) in [5.41, 5.74) is 7.69. The summed E-state index contributed by atoms with van der Waals surface area (Å²) in [7, 11) is 2.06. The van der Waals surface area contributed by atoms with E-state index in [1.807, 2.05) is 18.2 Å². The van der Waals surface area contributed by atoms with Crippen molar-refractivity contribution in [2.24, 2.45) is 5.92 Å². The van der Waals surface area contributed by atoms with Gasteiger partial charge >= 0.3 is 0 Å². The number of hydrogen-bond acceptors (Lipinski definition) is 3. The number of halogens is 1. The Morgan fingerprint density at radius 3 is 2.89 bits per heavy atom. The molecular formula is C14H21ClN2O. The number of anilines is 1. The molecule has 0 spiro atoms. The van der Waals surface area contributed by atoms with Crippen molar-refractivity contribution in [1.82, 2.24) is 4.90 Å². The van der Waals surface area contributed by atoms with Gasteiger partial charge in [0, 0.05) is 36.0 Å². The number of ether oxygens (including phenoxy) is 1. The van der Waals surface area contributed by atoms with Gasteiger partial charge in [-0.2, -0.15) is 0 Å². The maximum absolute atomic E-state index is 6.15. The number of nitrogens with zero attached hydrogens (tertiary/aromatic N) is 1. The van der Waals surface area contributed by atoms with E-state index in [9.17, 15) is 0 Å². The van der Waals surface area contributed by atoms with Crippen molar-refractivity contribution in [3.05, 3.63) is 28.8 Å². The van der Waals surface area contributed by atoms with Gasteiger partial charge in [0.1, 0.15) is 0 Å². The lowest BCUT2D eigenvalue weighted by Crippen LogP contribution is -2.23. The minimum atomic E-state index is 0.737. The molecule has 0 atom stereocenters. The van der Waals surface area contributed by atoms with Crippen LogP contribution < -0.4 is 5.73 Å². The van der Waals surface area contributed by atoms with E-state index >= 15 is 0 Å². The zero-order chi connectivity index (χ0) is 13.0. The van der Waals surface area contributed by atoms with Crippen LogP contribution in [0, 0.1) is 5.92 Å². The molecule has 0 heterocycles. The number of nitrogen functional groups attached to an aromatic ring is 1. The first kappa shape index (κ1) is 13.7. The van der Waals surface area contributed by atoms with E-state index in [-0.39, 0.29) is 0 Å². The van der Waals surface area contributed by atoms with Gasteiger partial charge in [0.05, 0.1) is 6.61 Å². The third-order valence-electron chi connectivity index (χ3n) is 3.25. The molecule has 4 heteroatoms. The van der Waals surface area contributed by atoms with Crippen molar-refractivity contribution in [2.45, 2.75) is 19.4 Å². The van der Waals surface area contributed by atoms with Gasteiger partial charge in [0.15, 0.2) is 0 Å². The van der Waals surface area contributed by atoms with Gasteiger partial charge in [-0.05, 0) is 37.9 Å². The molecule has 18 heavy (non-hydrogen) atoms. The minimum Gasteiger partial charge on any atom is -0.398 e. The Balaban J connectivity index is 1.73. The summed E-state index contributed by atoms with van der Waals surface area (Å²) in [6.45, 7) is 3.36. The van der Waals surface area contributed by atoms with Crippen molar-refractivity contribution >= 4 is 17.3 Å². The van der Waals surface area contributed by atoms with Gasteiger partial charge in [-0.15, -0.1) is 0 Å². The van der Waals surface area contributed by atoms with Crippen LogP contribution in [0.25, 0.3) is 0 Å². The normalized spacial score (nSPS) is 15.3. The molecule has 1 aliphatic carbocycles. The molecule has 1 aromatic rings. The van der Waals surface area contributed by atoms with E-state index in [2.05, 4.69) is 11.9 Å². The van der Waals surface area contributed by atoms with Gasteiger partial charge < -0.3 is 10.5 Å². The van der Waals surface area contributed by atoms with E-state index in [1.54, 1.807) is 0 Å². The highest BCUT2D eigenvalue weighted by molar-refractivity contribution is 6.31. The third-order valence-corrected chi connectivity index (χ3v) is 3.61. The Kier molecular flexibility index (Phi) is 4.87. The molecule has 1 fully saturated rings. The molecule has 0 radical (unpaired) electrons. The van der Waals surface area contributed by atoms with E-state index < -0.39 is 0 Å². The zero-order valence-corrected chi connectivity index (χ0v) is 11.6. The Hall–Kier alpha value is -0.770. The standard InChI is InChI=1S/C14H21ClN2O/c1-17(7-8-18-10-11-5-6-11)9-12-13(15)3-2-4-14(12)16/h2-4,11H,5-10,16H2,1H3. The average molecular weight is 269 g/mol. The first-order valence-electron chi connectivity index (χ1n) is 6.46. The summed E-state index contributed by atoms with van der Waals surface area (Å²) < 4.78 is 5.62. The second kappa shape index (κ2) is 6.41. The van der Waals surface area contributed by atoms with Crippen LogP contribution in [0.3, 0.4) is 0 Å². The lowest BCUT2D eigenvalue weighted by Gasteiger charge is -2.18. The molecule has 0 aliphatic heterocycles. The maximum atomic E-state index is 6.15. The first-order chi connectivity index (χ1) is 8.66. The van der Waals surface area contributed by atoms with Crippen molar-refractivity contribution in [1.29, 1.82) is 0 Å². The zero-order valence-electron chi connectivity index (χ0n) is 10.9. The molecule has 2 N–H and O–H groups in total. The predicted octanol–water partition coefficient (Wildman–Crippen LogP) is 2.78. The van der Waals surface area contributed by atoms with Gasteiger partial charge in [-0.1, -0.05) is 17.7 Å². The van der Waals surface area contributed by atoms with Gasteiger partial charge in [0.2, 0.25) is 0 Å². The second-order valence-electron chi connectivity index (χ2n) is 5.06. The van der Waals surface area contributed by atoms with E-state index in [1.165, 1.54) is 12.8 Å². The van der Waals surface area contributed by atoms with Gasteiger partial charge in [-0.25, -0.2) is 0 Å². The van der Waals surface area contributed by atoms with Crippen LogP contribution in [-0.4, -0.2) is 31.7 Å². The topological polar surface area (TPSA) is 38.5 Å². The molecule has 0 saturated heterocycles. The SMILES string of the molecule is CN(CCOCC1CC1)Cc1c(N)cccc1Cl. The molecule has 0 aromatic heterocycles. The predicted molar refractivity (Wildman–Crippen MR) is 75.7 cm³/mol. The molecular weight excluding hydrogens is 248 g/mol. The summed E-state index contributed by atoms with van der Waals surface area (Å²) in [6.07, 6.45) is 2.68. The van der Waals surface area contributed by atoms with Crippen LogP contribution in [-0.2, 0) is 11.3 Å². The summed E-state index contributed by atoms with van der Waals surface area (Å²) in [6, 6.07) is 5.64. The molecule has 2 rings (SSSR count). The summed E-state index contributed by atoms with van der Waals surface area (Å²) in [5.74, 6) is 0.828. The van der Waals surface area contributed by atoms with Crippen LogP contribution >= 0.6 is 11.6 Å². The summed E-state index contributed by atoms with van der Waals surface area (Å²) >= 11 is 6.15. The Morgan fingerprint density at radius 2 is 2.22 bits per heavy atom. The number of benzene rings is 1. The summed E-state index contributed by atoms with van der Waals surface area (Å²) in [4.78, 5) is 2.18. The van der Waals surface area contributed by atoms with Crippen molar-refractivity contribution in [2.75, 3.05) is 32.5 Å². The maximum Gasteiger partial charge on any atom is 0.0593 e. The number of hydrogen-bond donors (Lipinski definition) is 1. The fraction of sp³-hybridized carbons (Fsp3) is 0.571. The Labute approximate surface area is 114 Å². The molecule has 100 valence electrons. The largest absolute Gasteiger partial charge is 0.398 e. The van der Waals surface area contributed by atoms with Crippen LogP contribution in [0.4, 0.5) is 5.69 Å². The molecule has 1 aliphatic rings. The highest BCUT2D eigenvalue weighted by Crippen LogP contribution is 2.28. The fourth-order valence-electron chi connectivity index (χ4n) is 1.85. The third kappa shape index (κ3) is 4.16. The first-order valence-corrected chi connectivity index (χ1v) is 6.83.